The van der Waals surface area contributed by atoms with Gasteiger partial charge in [-0.1, -0.05) is 48.0 Å². The van der Waals surface area contributed by atoms with Crippen LogP contribution in [0.2, 0.25) is 5.02 Å². The molecule has 0 saturated carbocycles. The van der Waals surface area contributed by atoms with Gasteiger partial charge < -0.3 is 10.4 Å². The van der Waals surface area contributed by atoms with E-state index < -0.39 is 5.97 Å². The van der Waals surface area contributed by atoms with Crippen LogP contribution in [0.3, 0.4) is 0 Å². The minimum atomic E-state index is -0.988. The Balaban J connectivity index is 1.53. The Hall–Kier alpha value is -4.03. The molecule has 1 unspecified atom stereocenters. The van der Waals surface area contributed by atoms with Crippen molar-refractivity contribution in [1.82, 2.24) is 9.97 Å². The number of benzene rings is 3. The van der Waals surface area contributed by atoms with Crippen LogP contribution in [0, 0.1) is 0 Å². The van der Waals surface area contributed by atoms with Gasteiger partial charge in [-0.3, -0.25) is 4.79 Å². The average Bonchev–Trinajstić information content (AvgIpc) is 2.94. The first-order chi connectivity index (χ1) is 16.5. The molecule has 0 fully saturated rings. The average molecular weight is 470 g/mol. The van der Waals surface area contributed by atoms with E-state index in [-0.39, 0.29) is 23.7 Å². The summed E-state index contributed by atoms with van der Waals surface area (Å²) in [5.74, 6) is -0.875. The van der Waals surface area contributed by atoms with E-state index in [0.717, 1.165) is 22.3 Å². The minimum absolute atomic E-state index is 0.0969. The Morgan fingerprint density at radius 1 is 1.06 bits per heavy atom. The second-order valence-electron chi connectivity index (χ2n) is 8.19. The molecule has 0 radical (unpaired) electrons. The SMILES string of the molecule is O=C(O)c1ccc(Nc2ncc3c(n2)-c2ccc(Cl)cc2C(Cc2ccccc2)C(=O)C3)cc1. The third-order valence-corrected chi connectivity index (χ3v) is 6.17. The molecule has 2 N–H and O–H groups in total. The predicted molar refractivity (Wildman–Crippen MR) is 131 cm³/mol. The number of carbonyl (C=O) groups is 2. The van der Waals surface area contributed by atoms with Crippen molar-refractivity contribution in [2.75, 3.05) is 5.32 Å². The Labute approximate surface area is 201 Å². The van der Waals surface area contributed by atoms with Crippen LogP contribution in [0.25, 0.3) is 11.3 Å². The first-order valence-electron chi connectivity index (χ1n) is 10.8. The Bertz CT molecular complexity index is 1390. The summed E-state index contributed by atoms with van der Waals surface area (Å²) >= 11 is 6.35. The van der Waals surface area contributed by atoms with E-state index in [4.69, 9.17) is 21.7 Å². The van der Waals surface area contributed by atoms with Crippen molar-refractivity contribution in [3.05, 3.63) is 106 Å². The molecule has 1 aromatic heterocycles. The minimum Gasteiger partial charge on any atom is -0.478 e. The molecule has 7 heteroatoms. The highest BCUT2D eigenvalue weighted by atomic mass is 35.5. The van der Waals surface area contributed by atoms with Gasteiger partial charge in [-0.2, -0.15) is 0 Å². The standard InChI is InChI=1S/C27H20ClN3O3/c28-19-8-11-21-22(14-19)23(12-16-4-2-1-3-5-16)24(32)13-18-15-29-27(31-25(18)21)30-20-9-6-17(7-10-20)26(33)34/h1-11,14-15,23H,12-13H2,(H,33,34)(H,29,30,31). The van der Waals surface area contributed by atoms with Crippen LogP contribution in [-0.2, 0) is 17.6 Å². The number of hydrogen-bond donors (Lipinski definition) is 2. The Morgan fingerprint density at radius 2 is 1.82 bits per heavy atom. The zero-order chi connectivity index (χ0) is 23.7. The quantitative estimate of drug-likeness (QED) is 0.390. The summed E-state index contributed by atoms with van der Waals surface area (Å²) < 4.78 is 0. The van der Waals surface area contributed by atoms with Gasteiger partial charge in [-0.15, -0.1) is 0 Å². The number of nitrogens with zero attached hydrogens (tertiary/aromatic N) is 2. The fraction of sp³-hybridized carbons (Fsp3) is 0.111. The first kappa shape index (κ1) is 21.8. The second-order valence-corrected chi connectivity index (χ2v) is 8.63. The molecule has 3 aromatic carbocycles. The van der Waals surface area contributed by atoms with Crippen molar-refractivity contribution in [3.8, 4) is 11.3 Å². The number of rotatable bonds is 5. The van der Waals surface area contributed by atoms with Gasteiger partial charge in [0.1, 0.15) is 5.78 Å². The van der Waals surface area contributed by atoms with Gasteiger partial charge in [-0.25, -0.2) is 14.8 Å². The lowest BCUT2D eigenvalue weighted by molar-refractivity contribution is -0.119. The van der Waals surface area contributed by atoms with E-state index in [9.17, 15) is 9.59 Å². The Kier molecular flexibility index (Phi) is 5.82. The summed E-state index contributed by atoms with van der Waals surface area (Å²) in [6.07, 6.45) is 2.49. The molecule has 4 aromatic rings. The van der Waals surface area contributed by atoms with Crippen LogP contribution in [0.15, 0.2) is 79.0 Å². The number of halogens is 1. The molecular formula is C27H20ClN3O3. The second kappa shape index (κ2) is 9.08. The molecule has 1 atom stereocenters. The molecule has 0 saturated heterocycles. The number of aromatic nitrogens is 2. The third-order valence-electron chi connectivity index (χ3n) is 5.93. The van der Waals surface area contributed by atoms with Gasteiger partial charge >= 0.3 is 5.97 Å². The van der Waals surface area contributed by atoms with E-state index in [1.54, 1.807) is 24.4 Å². The lowest BCUT2D eigenvalue weighted by atomic mass is 9.86. The van der Waals surface area contributed by atoms with Crippen molar-refractivity contribution >= 4 is 35.0 Å². The highest BCUT2D eigenvalue weighted by molar-refractivity contribution is 6.30. The molecule has 5 rings (SSSR count). The number of carboxylic acid groups (broad SMARTS) is 1. The van der Waals surface area contributed by atoms with E-state index in [1.165, 1.54) is 12.1 Å². The van der Waals surface area contributed by atoms with Gasteiger partial charge in [0.2, 0.25) is 5.95 Å². The van der Waals surface area contributed by atoms with Gasteiger partial charge in [0, 0.05) is 40.4 Å². The molecule has 0 amide bonds. The number of anilines is 2. The zero-order valence-corrected chi connectivity index (χ0v) is 18.8. The van der Waals surface area contributed by atoms with E-state index >= 15 is 0 Å². The van der Waals surface area contributed by atoms with Crippen LogP contribution in [0.4, 0.5) is 11.6 Å². The topological polar surface area (TPSA) is 92.2 Å². The predicted octanol–water partition coefficient (Wildman–Crippen LogP) is 5.69. The smallest absolute Gasteiger partial charge is 0.335 e. The molecular weight excluding hydrogens is 450 g/mol. The number of nitrogens with one attached hydrogen (secondary N) is 1. The number of carboxylic acids is 1. The molecule has 0 aliphatic heterocycles. The lowest BCUT2D eigenvalue weighted by Crippen LogP contribution is -2.16. The van der Waals surface area contributed by atoms with Gasteiger partial charge in [0.15, 0.2) is 0 Å². The van der Waals surface area contributed by atoms with Crippen molar-refractivity contribution in [1.29, 1.82) is 0 Å². The molecule has 34 heavy (non-hydrogen) atoms. The van der Waals surface area contributed by atoms with Gasteiger partial charge in [0.25, 0.3) is 0 Å². The molecule has 168 valence electrons. The first-order valence-corrected chi connectivity index (χ1v) is 11.2. The summed E-state index contributed by atoms with van der Waals surface area (Å²) in [6.45, 7) is 0. The van der Waals surface area contributed by atoms with E-state index in [2.05, 4.69) is 10.3 Å². The summed E-state index contributed by atoms with van der Waals surface area (Å²) in [4.78, 5) is 33.6. The summed E-state index contributed by atoms with van der Waals surface area (Å²) in [7, 11) is 0. The van der Waals surface area contributed by atoms with Crippen molar-refractivity contribution < 1.29 is 14.7 Å². The fourth-order valence-electron chi connectivity index (χ4n) is 4.25. The normalized spacial score (nSPS) is 14.6. The number of carbonyl (C=O) groups excluding carboxylic acids is 1. The number of hydrogen-bond acceptors (Lipinski definition) is 5. The van der Waals surface area contributed by atoms with Crippen LogP contribution in [0.1, 0.15) is 33.0 Å². The van der Waals surface area contributed by atoms with Crippen LogP contribution < -0.4 is 5.32 Å². The maximum atomic E-state index is 13.4. The van der Waals surface area contributed by atoms with E-state index in [1.807, 2.05) is 42.5 Å². The highest BCUT2D eigenvalue weighted by Gasteiger charge is 2.30. The maximum absolute atomic E-state index is 13.4. The summed E-state index contributed by atoms with van der Waals surface area (Å²) in [5, 5.41) is 12.8. The third kappa shape index (κ3) is 4.40. The largest absolute Gasteiger partial charge is 0.478 e. The lowest BCUT2D eigenvalue weighted by Gasteiger charge is -2.17. The highest BCUT2D eigenvalue weighted by Crippen LogP contribution is 2.39. The number of aromatic carboxylic acids is 1. The molecule has 6 nitrogen and oxygen atoms in total. The van der Waals surface area contributed by atoms with Gasteiger partial charge in [-0.05, 0) is 53.9 Å². The summed E-state index contributed by atoms with van der Waals surface area (Å²) in [5.41, 5.74) is 5.10. The summed E-state index contributed by atoms with van der Waals surface area (Å²) in [6, 6.07) is 21.8. The molecule has 0 spiro atoms. The van der Waals surface area contributed by atoms with Crippen molar-refractivity contribution in [2.24, 2.45) is 0 Å². The maximum Gasteiger partial charge on any atom is 0.335 e. The van der Waals surface area contributed by atoms with Crippen molar-refractivity contribution in [2.45, 2.75) is 18.8 Å². The van der Waals surface area contributed by atoms with E-state index in [0.29, 0.717) is 28.8 Å². The molecule has 1 aliphatic rings. The van der Waals surface area contributed by atoms with Crippen LogP contribution in [0.5, 0.6) is 0 Å². The van der Waals surface area contributed by atoms with Crippen molar-refractivity contribution in [3.63, 3.8) is 0 Å². The molecule has 0 bridgehead atoms. The molecule has 1 heterocycles. The number of fused-ring (bicyclic) bond motifs is 3. The number of Topliss-reactive ketones (excluding diaryl/α,β-unsaturated/α-hetero) is 1. The monoisotopic (exact) mass is 469 g/mol. The fourth-order valence-corrected chi connectivity index (χ4v) is 4.43. The molecule has 1 aliphatic carbocycles. The van der Waals surface area contributed by atoms with Crippen LogP contribution >= 0.6 is 11.6 Å². The Morgan fingerprint density at radius 3 is 2.56 bits per heavy atom. The van der Waals surface area contributed by atoms with Crippen LogP contribution in [-0.4, -0.2) is 26.8 Å². The zero-order valence-electron chi connectivity index (χ0n) is 18.0. The van der Waals surface area contributed by atoms with Gasteiger partial charge in [0.05, 0.1) is 11.3 Å². The number of ketones is 1.